The maximum atomic E-state index is 11.4. The average Bonchev–Trinajstić information content (AvgIpc) is 2.80. The molecule has 0 radical (unpaired) electrons. The normalized spacial score (nSPS) is 10.7. The zero-order valence-corrected chi connectivity index (χ0v) is 11.8. The minimum absolute atomic E-state index is 0.210. The van der Waals surface area contributed by atoms with Gasteiger partial charge in [-0.25, -0.2) is 0 Å². The van der Waals surface area contributed by atoms with E-state index in [0.717, 1.165) is 10.0 Å². The SMILES string of the molecule is Nc1noc(-c2cc[nH]c(=O)c2)c1-c1cccc(Br)c1. The molecule has 0 fully saturated rings. The molecule has 20 heavy (non-hydrogen) atoms. The van der Waals surface area contributed by atoms with E-state index in [9.17, 15) is 4.79 Å². The quantitative estimate of drug-likeness (QED) is 0.755. The predicted molar refractivity (Wildman–Crippen MR) is 80.1 cm³/mol. The fourth-order valence-corrected chi connectivity index (χ4v) is 2.41. The molecule has 3 N–H and O–H groups in total. The van der Waals surface area contributed by atoms with Crippen molar-refractivity contribution in [3.8, 4) is 22.5 Å². The Labute approximate surface area is 122 Å². The molecule has 0 amide bonds. The number of nitrogens with zero attached hydrogens (tertiary/aromatic N) is 1. The second-order valence-corrected chi connectivity index (χ2v) is 5.14. The maximum Gasteiger partial charge on any atom is 0.248 e. The van der Waals surface area contributed by atoms with E-state index < -0.39 is 0 Å². The van der Waals surface area contributed by atoms with Crippen LogP contribution in [0.4, 0.5) is 5.82 Å². The smallest absolute Gasteiger partial charge is 0.248 e. The number of nitrogen functional groups attached to an aromatic ring is 1. The van der Waals surface area contributed by atoms with Crippen molar-refractivity contribution in [3.05, 3.63) is 57.4 Å². The summed E-state index contributed by atoms with van der Waals surface area (Å²) in [7, 11) is 0. The number of halogens is 1. The van der Waals surface area contributed by atoms with Gasteiger partial charge in [0, 0.05) is 22.3 Å². The Kier molecular flexibility index (Phi) is 3.15. The Hall–Kier alpha value is -2.34. The largest absolute Gasteiger partial charge is 0.380 e. The van der Waals surface area contributed by atoms with Crippen LogP contribution in [0.25, 0.3) is 22.5 Å². The highest BCUT2D eigenvalue weighted by Gasteiger charge is 2.18. The summed E-state index contributed by atoms with van der Waals surface area (Å²) in [5.74, 6) is 0.769. The van der Waals surface area contributed by atoms with E-state index >= 15 is 0 Å². The fraction of sp³-hybridized carbons (Fsp3) is 0. The Balaban J connectivity index is 2.22. The van der Waals surface area contributed by atoms with Crippen LogP contribution in [0.5, 0.6) is 0 Å². The lowest BCUT2D eigenvalue weighted by atomic mass is 10.0. The van der Waals surface area contributed by atoms with Crippen molar-refractivity contribution < 1.29 is 4.52 Å². The average molecular weight is 332 g/mol. The number of hydrogen-bond acceptors (Lipinski definition) is 4. The van der Waals surface area contributed by atoms with Crippen molar-refractivity contribution >= 4 is 21.7 Å². The van der Waals surface area contributed by atoms with Gasteiger partial charge in [0.25, 0.3) is 0 Å². The second kappa shape index (κ2) is 4.97. The summed E-state index contributed by atoms with van der Waals surface area (Å²) in [6.45, 7) is 0. The van der Waals surface area contributed by atoms with Crippen LogP contribution < -0.4 is 11.3 Å². The molecule has 2 aromatic heterocycles. The zero-order chi connectivity index (χ0) is 14.1. The van der Waals surface area contributed by atoms with Crippen LogP contribution in [0.2, 0.25) is 0 Å². The molecule has 0 atom stereocenters. The van der Waals surface area contributed by atoms with Crippen molar-refractivity contribution in [2.75, 3.05) is 5.73 Å². The first-order valence-electron chi connectivity index (χ1n) is 5.85. The highest BCUT2D eigenvalue weighted by atomic mass is 79.9. The number of pyridine rings is 1. The monoisotopic (exact) mass is 331 g/mol. The lowest BCUT2D eigenvalue weighted by molar-refractivity contribution is 0.436. The molecule has 6 heteroatoms. The zero-order valence-electron chi connectivity index (χ0n) is 10.3. The Bertz CT molecular complexity index is 823. The van der Waals surface area contributed by atoms with Gasteiger partial charge in [-0.05, 0) is 23.8 Å². The lowest BCUT2D eigenvalue weighted by Crippen LogP contribution is -2.02. The third kappa shape index (κ3) is 2.25. The van der Waals surface area contributed by atoms with E-state index in [1.165, 1.54) is 6.07 Å². The molecule has 0 aliphatic carbocycles. The van der Waals surface area contributed by atoms with E-state index in [1.54, 1.807) is 12.3 Å². The van der Waals surface area contributed by atoms with Crippen LogP contribution in [0.3, 0.4) is 0 Å². The topological polar surface area (TPSA) is 84.9 Å². The first-order chi connectivity index (χ1) is 9.65. The van der Waals surface area contributed by atoms with Gasteiger partial charge in [-0.1, -0.05) is 33.2 Å². The summed E-state index contributed by atoms with van der Waals surface area (Å²) in [6.07, 6.45) is 1.56. The molecule has 0 spiro atoms. The standard InChI is InChI=1S/C14H10BrN3O2/c15-10-3-1-2-8(6-10)12-13(20-18-14(12)16)9-4-5-17-11(19)7-9/h1-7H,(H2,16,18)(H,17,19). The van der Waals surface area contributed by atoms with Gasteiger partial charge in [0.2, 0.25) is 5.56 Å². The summed E-state index contributed by atoms with van der Waals surface area (Å²) in [5, 5.41) is 3.80. The molecule has 3 rings (SSSR count). The van der Waals surface area contributed by atoms with Gasteiger partial charge in [-0.3, -0.25) is 4.79 Å². The van der Waals surface area contributed by atoms with Crippen molar-refractivity contribution in [1.29, 1.82) is 0 Å². The molecular weight excluding hydrogens is 322 g/mol. The van der Waals surface area contributed by atoms with Crippen LogP contribution in [0, 0.1) is 0 Å². The van der Waals surface area contributed by atoms with Crippen molar-refractivity contribution in [2.45, 2.75) is 0 Å². The number of rotatable bonds is 2. The summed E-state index contributed by atoms with van der Waals surface area (Å²) in [5.41, 5.74) is 7.86. The summed E-state index contributed by atoms with van der Waals surface area (Å²) in [4.78, 5) is 14.0. The molecule has 0 aliphatic rings. The summed E-state index contributed by atoms with van der Waals surface area (Å²) >= 11 is 3.42. The maximum absolute atomic E-state index is 11.4. The molecule has 3 aromatic rings. The fourth-order valence-electron chi connectivity index (χ4n) is 2.01. The van der Waals surface area contributed by atoms with Gasteiger partial charge < -0.3 is 15.2 Å². The minimum Gasteiger partial charge on any atom is -0.380 e. The highest BCUT2D eigenvalue weighted by Crippen LogP contribution is 2.36. The number of nitrogens with one attached hydrogen (secondary N) is 1. The molecule has 0 unspecified atom stereocenters. The number of hydrogen-bond donors (Lipinski definition) is 2. The predicted octanol–water partition coefficient (Wildman–Crippen LogP) is 3.04. The van der Waals surface area contributed by atoms with Gasteiger partial charge >= 0.3 is 0 Å². The first kappa shape index (κ1) is 12.7. The number of nitrogens with two attached hydrogens (primary N) is 1. The van der Waals surface area contributed by atoms with Gasteiger partial charge in [-0.2, -0.15) is 0 Å². The molecule has 5 nitrogen and oxygen atoms in total. The van der Waals surface area contributed by atoms with Crippen LogP contribution in [-0.2, 0) is 0 Å². The van der Waals surface area contributed by atoms with Crippen LogP contribution in [-0.4, -0.2) is 10.1 Å². The highest BCUT2D eigenvalue weighted by molar-refractivity contribution is 9.10. The molecule has 0 bridgehead atoms. The summed E-state index contributed by atoms with van der Waals surface area (Å²) in [6, 6.07) is 10.8. The molecule has 0 saturated carbocycles. The van der Waals surface area contributed by atoms with Crippen LogP contribution in [0.15, 0.2) is 56.4 Å². The van der Waals surface area contributed by atoms with Crippen molar-refractivity contribution in [3.63, 3.8) is 0 Å². The molecule has 1 aromatic carbocycles. The molecule has 0 aliphatic heterocycles. The Morgan fingerprint density at radius 2 is 2.05 bits per heavy atom. The Morgan fingerprint density at radius 1 is 1.20 bits per heavy atom. The van der Waals surface area contributed by atoms with Gasteiger partial charge in [0.05, 0.1) is 5.56 Å². The number of anilines is 1. The molecule has 0 saturated heterocycles. The van der Waals surface area contributed by atoms with Gasteiger partial charge in [-0.15, -0.1) is 0 Å². The number of H-pyrrole nitrogens is 1. The van der Waals surface area contributed by atoms with Crippen LogP contribution >= 0.6 is 15.9 Å². The third-order valence-electron chi connectivity index (χ3n) is 2.87. The van der Waals surface area contributed by atoms with Gasteiger partial charge in [0.1, 0.15) is 0 Å². The van der Waals surface area contributed by atoms with E-state index in [0.29, 0.717) is 22.7 Å². The number of aromatic amines is 1. The number of benzene rings is 1. The second-order valence-electron chi connectivity index (χ2n) is 4.22. The minimum atomic E-state index is -0.210. The van der Waals surface area contributed by atoms with E-state index in [4.69, 9.17) is 10.3 Å². The van der Waals surface area contributed by atoms with E-state index in [-0.39, 0.29) is 5.56 Å². The lowest BCUT2D eigenvalue weighted by Gasteiger charge is -2.03. The molecular formula is C14H10BrN3O2. The third-order valence-corrected chi connectivity index (χ3v) is 3.36. The van der Waals surface area contributed by atoms with Crippen molar-refractivity contribution in [1.82, 2.24) is 10.1 Å². The van der Waals surface area contributed by atoms with Crippen molar-refractivity contribution in [2.24, 2.45) is 0 Å². The van der Waals surface area contributed by atoms with Gasteiger partial charge in [0.15, 0.2) is 11.6 Å². The Morgan fingerprint density at radius 3 is 2.80 bits per heavy atom. The molecule has 100 valence electrons. The van der Waals surface area contributed by atoms with E-state index in [2.05, 4.69) is 26.1 Å². The number of aromatic nitrogens is 2. The van der Waals surface area contributed by atoms with Crippen LogP contribution in [0.1, 0.15) is 0 Å². The first-order valence-corrected chi connectivity index (χ1v) is 6.64. The summed E-state index contributed by atoms with van der Waals surface area (Å²) < 4.78 is 6.21. The van der Waals surface area contributed by atoms with E-state index in [1.807, 2.05) is 24.3 Å². The molecule has 2 heterocycles.